The molecule has 1 atom stereocenters. The summed E-state index contributed by atoms with van der Waals surface area (Å²) in [5.74, 6) is 0.0627. The lowest BCUT2D eigenvalue weighted by Gasteiger charge is -2.37. The third-order valence-electron chi connectivity index (χ3n) is 5.86. The predicted molar refractivity (Wildman–Crippen MR) is 106 cm³/mol. The molecular formula is C20H31N3O3S. The van der Waals surface area contributed by atoms with Gasteiger partial charge in [0.05, 0.1) is 10.9 Å². The Balaban J connectivity index is 1.60. The number of carbonyl (C=O) groups is 1. The number of hydrogen-bond donors (Lipinski definition) is 1. The molecule has 0 spiro atoms. The monoisotopic (exact) mass is 393 g/mol. The molecule has 7 heteroatoms. The van der Waals surface area contributed by atoms with Gasteiger partial charge in [-0.15, -0.1) is 0 Å². The summed E-state index contributed by atoms with van der Waals surface area (Å²) in [7, 11) is -3.50. The van der Waals surface area contributed by atoms with E-state index in [2.05, 4.69) is 10.2 Å². The van der Waals surface area contributed by atoms with Crippen LogP contribution in [0.5, 0.6) is 0 Å². The Morgan fingerprint density at radius 1 is 1.11 bits per heavy atom. The number of hydrogen-bond acceptors (Lipinski definition) is 4. The van der Waals surface area contributed by atoms with Gasteiger partial charge in [-0.1, -0.05) is 25.0 Å². The molecule has 150 valence electrons. The van der Waals surface area contributed by atoms with Crippen LogP contribution in [0, 0.1) is 13.8 Å². The maximum atomic E-state index is 13.0. The highest BCUT2D eigenvalue weighted by molar-refractivity contribution is 7.89. The number of rotatable bonds is 5. The van der Waals surface area contributed by atoms with Crippen LogP contribution < -0.4 is 5.32 Å². The molecule has 1 amide bonds. The minimum Gasteiger partial charge on any atom is -0.352 e. The topological polar surface area (TPSA) is 69.7 Å². The van der Waals surface area contributed by atoms with Gasteiger partial charge < -0.3 is 5.32 Å². The number of aryl methyl sites for hydroxylation is 2. The number of amides is 1. The van der Waals surface area contributed by atoms with E-state index in [4.69, 9.17) is 0 Å². The molecule has 1 saturated heterocycles. The molecule has 1 aromatic rings. The highest BCUT2D eigenvalue weighted by Gasteiger charge is 2.33. The summed E-state index contributed by atoms with van der Waals surface area (Å²) in [5.41, 5.74) is 1.71. The van der Waals surface area contributed by atoms with Gasteiger partial charge in [0.25, 0.3) is 0 Å². The molecule has 2 fully saturated rings. The normalized spacial score (nSPS) is 21.3. The van der Waals surface area contributed by atoms with E-state index in [1.54, 1.807) is 10.4 Å². The maximum absolute atomic E-state index is 13.0. The highest BCUT2D eigenvalue weighted by atomic mass is 32.2. The van der Waals surface area contributed by atoms with E-state index in [9.17, 15) is 13.2 Å². The Labute approximate surface area is 163 Å². The molecule has 1 aliphatic heterocycles. The van der Waals surface area contributed by atoms with Gasteiger partial charge in [-0.3, -0.25) is 9.69 Å². The van der Waals surface area contributed by atoms with Crippen LogP contribution in [0.15, 0.2) is 23.1 Å². The smallest absolute Gasteiger partial charge is 0.243 e. The number of piperazine rings is 1. The van der Waals surface area contributed by atoms with E-state index in [1.807, 2.05) is 32.9 Å². The summed E-state index contributed by atoms with van der Waals surface area (Å²) >= 11 is 0. The molecule has 0 aromatic heterocycles. The van der Waals surface area contributed by atoms with Gasteiger partial charge in [0, 0.05) is 32.2 Å². The van der Waals surface area contributed by atoms with Crippen molar-refractivity contribution in [1.29, 1.82) is 0 Å². The minimum absolute atomic E-state index is 0.0627. The molecule has 1 saturated carbocycles. The first-order valence-corrected chi connectivity index (χ1v) is 11.3. The van der Waals surface area contributed by atoms with Crippen LogP contribution in [-0.2, 0) is 14.8 Å². The fourth-order valence-corrected chi connectivity index (χ4v) is 5.75. The number of sulfonamides is 1. The molecule has 0 radical (unpaired) electrons. The predicted octanol–water partition coefficient (Wildman–Crippen LogP) is 2.06. The van der Waals surface area contributed by atoms with Gasteiger partial charge in [-0.25, -0.2) is 8.42 Å². The number of carbonyl (C=O) groups excluding carboxylic acids is 1. The van der Waals surface area contributed by atoms with Crippen LogP contribution in [0.2, 0.25) is 0 Å². The van der Waals surface area contributed by atoms with E-state index in [0.717, 1.165) is 24.0 Å². The zero-order valence-corrected chi connectivity index (χ0v) is 17.4. The summed E-state index contributed by atoms with van der Waals surface area (Å²) in [6, 6.07) is 5.61. The van der Waals surface area contributed by atoms with Crippen molar-refractivity contribution in [3.8, 4) is 0 Å². The van der Waals surface area contributed by atoms with Crippen LogP contribution in [0.4, 0.5) is 0 Å². The Kier molecular flexibility index (Phi) is 6.23. The first kappa shape index (κ1) is 20.3. The van der Waals surface area contributed by atoms with Crippen LogP contribution in [-0.4, -0.2) is 61.8 Å². The minimum atomic E-state index is -3.50. The van der Waals surface area contributed by atoms with Crippen molar-refractivity contribution in [1.82, 2.24) is 14.5 Å². The largest absolute Gasteiger partial charge is 0.352 e. The summed E-state index contributed by atoms with van der Waals surface area (Å²) in [5, 5.41) is 3.14. The average Bonchev–Trinajstić information content (AvgIpc) is 3.16. The van der Waals surface area contributed by atoms with Crippen molar-refractivity contribution in [3.63, 3.8) is 0 Å². The lowest BCUT2D eigenvalue weighted by molar-refractivity contribution is -0.127. The van der Waals surface area contributed by atoms with Crippen LogP contribution in [0.1, 0.15) is 43.7 Å². The molecule has 3 rings (SSSR count). The zero-order valence-electron chi connectivity index (χ0n) is 16.6. The summed E-state index contributed by atoms with van der Waals surface area (Å²) < 4.78 is 27.6. The van der Waals surface area contributed by atoms with Crippen LogP contribution >= 0.6 is 0 Å². The summed E-state index contributed by atoms with van der Waals surface area (Å²) in [4.78, 5) is 15.0. The number of nitrogens with one attached hydrogen (secondary N) is 1. The lowest BCUT2D eigenvalue weighted by atomic mass is 10.2. The van der Waals surface area contributed by atoms with E-state index < -0.39 is 10.0 Å². The van der Waals surface area contributed by atoms with Crippen molar-refractivity contribution >= 4 is 15.9 Å². The highest BCUT2D eigenvalue weighted by Crippen LogP contribution is 2.23. The Hall–Kier alpha value is -1.44. The van der Waals surface area contributed by atoms with Gasteiger partial charge in [0.15, 0.2) is 0 Å². The van der Waals surface area contributed by atoms with Gasteiger partial charge >= 0.3 is 0 Å². The van der Waals surface area contributed by atoms with Crippen molar-refractivity contribution in [2.45, 2.75) is 63.4 Å². The third-order valence-corrected chi connectivity index (χ3v) is 7.90. The number of benzene rings is 1. The molecule has 2 aliphatic rings. The molecule has 1 N–H and O–H groups in total. The second-order valence-electron chi connectivity index (χ2n) is 7.87. The molecule has 1 heterocycles. The summed E-state index contributed by atoms with van der Waals surface area (Å²) in [6.45, 7) is 7.62. The van der Waals surface area contributed by atoms with Crippen LogP contribution in [0.3, 0.4) is 0 Å². The zero-order chi connectivity index (χ0) is 19.6. The number of nitrogens with zero attached hydrogens (tertiary/aromatic N) is 2. The fraction of sp³-hybridized carbons (Fsp3) is 0.650. The first-order valence-electron chi connectivity index (χ1n) is 9.91. The van der Waals surface area contributed by atoms with Crippen molar-refractivity contribution in [3.05, 3.63) is 29.3 Å². The van der Waals surface area contributed by atoms with Gasteiger partial charge in [-0.2, -0.15) is 4.31 Å². The Morgan fingerprint density at radius 3 is 2.37 bits per heavy atom. The summed E-state index contributed by atoms with van der Waals surface area (Å²) in [6.07, 6.45) is 4.52. The third kappa shape index (κ3) is 4.52. The molecule has 6 nitrogen and oxygen atoms in total. The van der Waals surface area contributed by atoms with Gasteiger partial charge in [0.1, 0.15) is 0 Å². The Morgan fingerprint density at radius 2 is 1.74 bits per heavy atom. The fourth-order valence-electron chi connectivity index (χ4n) is 4.01. The van der Waals surface area contributed by atoms with E-state index in [-0.39, 0.29) is 11.9 Å². The van der Waals surface area contributed by atoms with Gasteiger partial charge in [-0.05, 0) is 50.8 Å². The van der Waals surface area contributed by atoms with E-state index in [1.165, 1.54) is 12.8 Å². The van der Waals surface area contributed by atoms with Crippen LogP contribution in [0.25, 0.3) is 0 Å². The van der Waals surface area contributed by atoms with Crippen molar-refractivity contribution in [2.75, 3.05) is 26.2 Å². The second-order valence-corrected chi connectivity index (χ2v) is 9.78. The van der Waals surface area contributed by atoms with E-state index >= 15 is 0 Å². The maximum Gasteiger partial charge on any atom is 0.243 e. The van der Waals surface area contributed by atoms with E-state index in [0.29, 0.717) is 37.1 Å². The molecule has 1 aliphatic carbocycles. The molecule has 0 bridgehead atoms. The standard InChI is InChI=1S/C20H31N3O3S/c1-15-8-9-16(2)19(14-15)27(25,26)23-12-10-22(11-13-23)17(3)20(24)21-18-6-4-5-7-18/h8-9,14,17-18H,4-7,10-13H2,1-3H3,(H,21,24). The average molecular weight is 394 g/mol. The molecule has 1 aromatic carbocycles. The SMILES string of the molecule is Cc1ccc(C)c(S(=O)(=O)N2CCN(C(C)C(=O)NC3CCCC3)CC2)c1. The van der Waals surface area contributed by atoms with Crippen molar-refractivity contribution < 1.29 is 13.2 Å². The molecule has 1 unspecified atom stereocenters. The second kappa shape index (κ2) is 8.29. The van der Waals surface area contributed by atoms with Gasteiger partial charge in [0.2, 0.25) is 15.9 Å². The Bertz CT molecular complexity index is 780. The quantitative estimate of drug-likeness (QED) is 0.831. The lowest BCUT2D eigenvalue weighted by Crippen LogP contribution is -2.55. The molecular weight excluding hydrogens is 362 g/mol. The first-order chi connectivity index (χ1) is 12.8. The van der Waals surface area contributed by atoms with Crippen molar-refractivity contribution in [2.24, 2.45) is 0 Å². The molecule has 27 heavy (non-hydrogen) atoms.